The van der Waals surface area contributed by atoms with Gasteiger partial charge in [0, 0.05) is 6.04 Å². The normalized spacial score (nSPS) is 32.9. The highest BCUT2D eigenvalue weighted by Crippen LogP contribution is 2.10. The molecule has 1 heteroatoms. The minimum Gasteiger partial charge on any atom is -0.314 e. The molecule has 0 bridgehead atoms. The van der Waals surface area contributed by atoms with Crippen molar-refractivity contribution in [1.29, 1.82) is 0 Å². The third-order valence-electron chi connectivity index (χ3n) is 1.57. The summed E-state index contributed by atoms with van der Waals surface area (Å²) in [6.45, 7) is 5.75. The zero-order valence-electron chi connectivity index (χ0n) is 6.22. The van der Waals surface area contributed by atoms with Crippen LogP contribution in [0.15, 0.2) is 0 Å². The van der Waals surface area contributed by atoms with Gasteiger partial charge in [-0.2, -0.15) is 0 Å². The zero-order chi connectivity index (χ0) is 7.28. The molecule has 1 heterocycles. The van der Waals surface area contributed by atoms with Crippen LogP contribution in [0, 0.1) is 18.8 Å². The standard InChI is InChI=1S/C6H13N.C2H2/c1-5-3-6(2)7-4-5;1-2/h5-7H,3-4H2,1-2H3;1-2H/t5-,6?;/m0./s1. The molecule has 1 saturated heterocycles. The highest BCUT2D eigenvalue weighted by molar-refractivity contribution is 4.74. The second-order valence-corrected chi connectivity index (χ2v) is 2.65. The summed E-state index contributed by atoms with van der Waals surface area (Å²) in [4.78, 5) is 0. The maximum absolute atomic E-state index is 4.00. The van der Waals surface area contributed by atoms with Gasteiger partial charge in [0.15, 0.2) is 0 Å². The maximum Gasteiger partial charge on any atom is 0.00418 e. The SMILES string of the molecule is C#C.CC1C[C@H](C)CN1. The smallest absolute Gasteiger partial charge is 0.00418 e. The summed E-state index contributed by atoms with van der Waals surface area (Å²) in [5, 5.41) is 3.37. The van der Waals surface area contributed by atoms with Crippen molar-refractivity contribution in [2.75, 3.05) is 6.54 Å². The Morgan fingerprint density at radius 2 is 1.89 bits per heavy atom. The van der Waals surface area contributed by atoms with Gasteiger partial charge >= 0.3 is 0 Å². The Kier molecular flexibility index (Phi) is 4.17. The molecule has 2 atom stereocenters. The summed E-state index contributed by atoms with van der Waals surface area (Å²) < 4.78 is 0. The molecule has 9 heavy (non-hydrogen) atoms. The van der Waals surface area contributed by atoms with Crippen molar-refractivity contribution in [2.24, 2.45) is 5.92 Å². The van der Waals surface area contributed by atoms with Crippen molar-refractivity contribution in [3.05, 3.63) is 0 Å². The average Bonchev–Trinajstić information content (AvgIpc) is 2.20. The van der Waals surface area contributed by atoms with Gasteiger partial charge in [-0.3, -0.25) is 0 Å². The molecule has 0 radical (unpaired) electrons. The van der Waals surface area contributed by atoms with Crippen LogP contribution in [0.4, 0.5) is 0 Å². The van der Waals surface area contributed by atoms with Gasteiger partial charge in [-0.1, -0.05) is 6.92 Å². The molecule has 0 amide bonds. The average molecular weight is 125 g/mol. The van der Waals surface area contributed by atoms with Crippen LogP contribution in [0.5, 0.6) is 0 Å². The summed E-state index contributed by atoms with van der Waals surface area (Å²) >= 11 is 0. The number of terminal acetylenes is 1. The van der Waals surface area contributed by atoms with Crippen molar-refractivity contribution in [3.63, 3.8) is 0 Å². The quantitative estimate of drug-likeness (QED) is 0.480. The monoisotopic (exact) mass is 125 g/mol. The van der Waals surface area contributed by atoms with E-state index in [1.54, 1.807) is 0 Å². The second-order valence-electron chi connectivity index (χ2n) is 2.65. The largest absolute Gasteiger partial charge is 0.314 e. The molecule has 1 fully saturated rings. The zero-order valence-corrected chi connectivity index (χ0v) is 6.22. The summed E-state index contributed by atoms with van der Waals surface area (Å²) in [5.41, 5.74) is 0. The van der Waals surface area contributed by atoms with Gasteiger partial charge in [0.05, 0.1) is 0 Å². The minimum atomic E-state index is 0.773. The van der Waals surface area contributed by atoms with Crippen LogP contribution < -0.4 is 5.32 Å². The Labute approximate surface area is 57.8 Å². The lowest BCUT2D eigenvalue weighted by Crippen LogP contribution is -2.16. The Balaban J connectivity index is 0.000000291. The lowest BCUT2D eigenvalue weighted by molar-refractivity contribution is 0.622. The summed E-state index contributed by atoms with van der Waals surface area (Å²) in [7, 11) is 0. The van der Waals surface area contributed by atoms with Crippen molar-refractivity contribution in [3.8, 4) is 12.8 Å². The molecule has 0 saturated carbocycles. The van der Waals surface area contributed by atoms with E-state index >= 15 is 0 Å². The topological polar surface area (TPSA) is 12.0 Å². The molecule has 1 aliphatic rings. The lowest BCUT2D eigenvalue weighted by atomic mass is 10.1. The molecular formula is C8H15N. The molecule has 1 rings (SSSR count). The fraction of sp³-hybridized carbons (Fsp3) is 0.750. The molecule has 0 aromatic rings. The second kappa shape index (κ2) is 4.40. The van der Waals surface area contributed by atoms with Crippen LogP contribution >= 0.6 is 0 Å². The van der Waals surface area contributed by atoms with Crippen LogP contribution in [0.25, 0.3) is 0 Å². The first-order chi connectivity index (χ1) is 4.29. The van der Waals surface area contributed by atoms with E-state index in [-0.39, 0.29) is 0 Å². The molecular weight excluding hydrogens is 110 g/mol. The van der Waals surface area contributed by atoms with Gasteiger partial charge in [0.1, 0.15) is 0 Å². The van der Waals surface area contributed by atoms with E-state index in [4.69, 9.17) is 0 Å². The highest BCUT2D eigenvalue weighted by atomic mass is 14.9. The molecule has 1 aliphatic heterocycles. The molecule has 0 spiro atoms. The van der Waals surface area contributed by atoms with Crippen LogP contribution in [0.2, 0.25) is 0 Å². The van der Waals surface area contributed by atoms with Crippen LogP contribution in [0.3, 0.4) is 0 Å². The predicted octanol–water partition coefficient (Wildman–Crippen LogP) is 1.25. The third-order valence-corrected chi connectivity index (χ3v) is 1.57. The van der Waals surface area contributed by atoms with Gasteiger partial charge in [-0.25, -0.2) is 0 Å². The van der Waals surface area contributed by atoms with Crippen LogP contribution in [-0.4, -0.2) is 12.6 Å². The van der Waals surface area contributed by atoms with E-state index in [9.17, 15) is 0 Å². The number of nitrogens with one attached hydrogen (secondary N) is 1. The Morgan fingerprint density at radius 3 is 2.00 bits per heavy atom. The number of hydrogen-bond donors (Lipinski definition) is 1. The summed E-state index contributed by atoms with van der Waals surface area (Å²) in [5.74, 6) is 0.912. The van der Waals surface area contributed by atoms with Crippen molar-refractivity contribution in [1.82, 2.24) is 5.32 Å². The predicted molar refractivity (Wildman–Crippen MR) is 41.1 cm³/mol. The first-order valence-electron chi connectivity index (χ1n) is 3.36. The molecule has 0 aliphatic carbocycles. The Hall–Kier alpha value is -0.480. The highest BCUT2D eigenvalue weighted by Gasteiger charge is 2.14. The van der Waals surface area contributed by atoms with Gasteiger partial charge in [0.25, 0.3) is 0 Å². The maximum atomic E-state index is 4.00. The Bertz CT molecular complexity index is 77.8. The van der Waals surface area contributed by atoms with Gasteiger partial charge in [-0.15, -0.1) is 12.8 Å². The fourth-order valence-corrected chi connectivity index (χ4v) is 1.17. The van der Waals surface area contributed by atoms with Crippen molar-refractivity contribution >= 4 is 0 Å². The molecule has 52 valence electrons. The van der Waals surface area contributed by atoms with Crippen molar-refractivity contribution in [2.45, 2.75) is 26.3 Å². The first kappa shape index (κ1) is 8.52. The summed E-state index contributed by atoms with van der Waals surface area (Å²) in [6.07, 6.45) is 9.36. The molecule has 1 unspecified atom stereocenters. The van der Waals surface area contributed by atoms with E-state index in [1.165, 1.54) is 13.0 Å². The fourth-order valence-electron chi connectivity index (χ4n) is 1.17. The summed E-state index contributed by atoms with van der Waals surface area (Å²) in [6, 6.07) is 0.773. The third kappa shape index (κ3) is 3.16. The molecule has 0 aromatic carbocycles. The van der Waals surface area contributed by atoms with E-state index in [2.05, 4.69) is 32.0 Å². The first-order valence-corrected chi connectivity index (χ1v) is 3.36. The van der Waals surface area contributed by atoms with E-state index in [1.807, 2.05) is 0 Å². The van der Waals surface area contributed by atoms with Gasteiger partial charge in [0.2, 0.25) is 0 Å². The van der Waals surface area contributed by atoms with Crippen LogP contribution in [0.1, 0.15) is 20.3 Å². The van der Waals surface area contributed by atoms with E-state index in [0.717, 1.165) is 12.0 Å². The minimum absolute atomic E-state index is 0.773. The Morgan fingerprint density at radius 1 is 1.33 bits per heavy atom. The molecule has 0 aromatic heterocycles. The number of rotatable bonds is 0. The number of hydrogen-bond acceptors (Lipinski definition) is 1. The molecule has 1 nitrogen and oxygen atoms in total. The molecule has 1 N–H and O–H groups in total. The van der Waals surface area contributed by atoms with Crippen LogP contribution in [-0.2, 0) is 0 Å². The van der Waals surface area contributed by atoms with E-state index < -0.39 is 0 Å². The van der Waals surface area contributed by atoms with Crippen molar-refractivity contribution < 1.29 is 0 Å². The van der Waals surface area contributed by atoms with Gasteiger partial charge in [-0.05, 0) is 25.8 Å². The lowest BCUT2D eigenvalue weighted by Gasteiger charge is -1.96. The van der Waals surface area contributed by atoms with E-state index in [0.29, 0.717) is 0 Å². The van der Waals surface area contributed by atoms with Gasteiger partial charge < -0.3 is 5.32 Å².